The van der Waals surface area contributed by atoms with Gasteiger partial charge in [0.05, 0.1) is 4.88 Å². The predicted octanol–water partition coefficient (Wildman–Crippen LogP) is 3.37. The summed E-state index contributed by atoms with van der Waals surface area (Å²) in [5, 5.41) is 12.3. The van der Waals surface area contributed by atoms with Crippen LogP contribution >= 0.6 is 11.3 Å². The van der Waals surface area contributed by atoms with E-state index in [0.717, 1.165) is 51.4 Å². The van der Waals surface area contributed by atoms with Gasteiger partial charge in [-0.2, -0.15) is 0 Å². The second-order valence-corrected chi connectivity index (χ2v) is 6.52. The molecule has 20 heavy (non-hydrogen) atoms. The van der Waals surface area contributed by atoms with Gasteiger partial charge in [0.15, 0.2) is 0 Å². The van der Waals surface area contributed by atoms with Crippen molar-refractivity contribution in [1.29, 1.82) is 0 Å². The number of nitrogens with one attached hydrogen (secondary N) is 1. The highest BCUT2D eigenvalue weighted by Gasteiger charge is 2.39. The molecule has 0 spiro atoms. The minimum absolute atomic E-state index is 0.677. The van der Waals surface area contributed by atoms with E-state index in [2.05, 4.69) is 21.0 Å². The minimum atomic E-state index is -0.677. The van der Waals surface area contributed by atoms with Crippen molar-refractivity contribution >= 4 is 22.4 Å². The zero-order valence-electron chi connectivity index (χ0n) is 11.2. The predicted molar refractivity (Wildman–Crippen MR) is 79.7 cm³/mol. The Balaban J connectivity index is 1.83. The summed E-state index contributed by atoms with van der Waals surface area (Å²) < 4.78 is 0. The zero-order chi connectivity index (χ0) is 13.7. The molecule has 0 aromatic carbocycles. The van der Waals surface area contributed by atoms with E-state index < -0.39 is 5.60 Å². The molecule has 4 rings (SSSR count). The van der Waals surface area contributed by atoms with Crippen molar-refractivity contribution in [3.05, 3.63) is 35.2 Å². The Morgan fingerprint density at radius 1 is 1.35 bits per heavy atom. The molecule has 4 nitrogen and oxygen atoms in total. The molecule has 0 atom stereocenters. The van der Waals surface area contributed by atoms with Crippen molar-refractivity contribution in [1.82, 2.24) is 15.0 Å². The van der Waals surface area contributed by atoms with E-state index in [1.165, 1.54) is 0 Å². The first-order valence-electron chi connectivity index (χ1n) is 6.79. The maximum Gasteiger partial charge on any atom is 0.138 e. The standard InChI is InChI=1S/C15H15N3OS/c1-9-7-11-10(3-6-16-13(11)18-9)12-8-17-14(20-12)15(19)4-2-5-15/h3,6-8,19H,2,4-5H2,1H3,(H,16,18). The molecular formula is C15H15N3OS. The number of aromatic nitrogens is 3. The summed E-state index contributed by atoms with van der Waals surface area (Å²) in [6.07, 6.45) is 6.42. The van der Waals surface area contributed by atoms with Crippen molar-refractivity contribution < 1.29 is 5.11 Å². The largest absolute Gasteiger partial charge is 0.383 e. The van der Waals surface area contributed by atoms with Gasteiger partial charge in [-0.3, -0.25) is 0 Å². The summed E-state index contributed by atoms with van der Waals surface area (Å²) in [5.41, 5.74) is 2.45. The fourth-order valence-corrected chi connectivity index (χ4v) is 3.81. The summed E-state index contributed by atoms with van der Waals surface area (Å²) in [5.74, 6) is 0. The third-order valence-electron chi connectivity index (χ3n) is 4.02. The number of aliphatic hydroxyl groups is 1. The third kappa shape index (κ3) is 1.70. The molecule has 1 aliphatic carbocycles. The van der Waals surface area contributed by atoms with Crippen LogP contribution in [0.1, 0.15) is 30.0 Å². The number of pyridine rings is 1. The van der Waals surface area contributed by atoms with Gasteiger partial charge in [-0.15, -0.1) is 11.3 Å². The van der Waals surface area contributed by atoms with E-state index in [0.29, 0.717) is 0 Å². The molecule has 102 valence electrons. The molecule has 0 amide bonds. The number of rotatable bonds is 2. The molecule has 3 heterocycles. The Labute approximate surface area is 120 Å². The molecule has 0 bridgehead atoms. The lowest BCUT2D eigenvalue weighted by Gasteiger charge is -2.34. The fourth-order valence-electron chi connectivity index (χ4n) is 2.71. The Morgan fingerprint density at radius 2 is 2.20 bits per heavy atom. The molecule has 1 fully saturated rings. The number of fused-ring (bicyclic) bond motifs is 1. The number of nitrogens with zero attached hydrogens (tertiary/aromatic N) is 2. The average molecular weight is 285 g/mol. The zero-order valence-corrected chi connectivity index (χ0v) is 12.0. The number of thiazole rings is 1. The molecule has 1 saturated carbocycles. The minimum Gasteiger partial charge on any atom is -0.383 e. The lowest BCUT2D eigenvalue weighted by atomic mass is 9.81. The molecule has 3 aromatic heterocycles. The van der Waals surface area contributed by atoms with Gasteiger partial charge in [-0.25, -0.2) is 9.97 Å². The van der Waals surface area contributed by atoms with Crippen LogP contribution in [0.25, 0.3) is 21.5 Å². The van der Waals surface area contributed by atoms with E-state index in [-0.39, 0.29) is 0 Å². The Morgan fingerprint density at radius 3 is 2.95 bits per heavy atom. The third-order valence-corrected chi connectivity index (χ3v) is 5.24. The second-order valence-electron chi connectivity index (χ2n) is 5.49. The van der Waals surface area contributed by atoms with Gasteiger partial charge in [0, 0.05) is 29.0 Å². The highest BCUT2D eigenvalue weighted by molar-refractivity contribution is 7.15. The lowest BCUT2D eigenvalue weighted by Crippen LogP contribution is -2.33. The van der Waals surface area contributed by atoms with Crippen LogP contribution in [0.2, 0.25) is 0 Å². The molecule has 0 radical (unpaired) electrons. The topological polar surface area (TPSA) is 61.8 Å². The average Bonchev–Trinajstić information content (AvgIpc) is 3.00. The first-order chi connectivity index (χ1) is 9.66. The smallest absolute Gasteiger partial charge is 0.138 e. The van der Waals surface area contributed by atoms with E-state index in [1.54, 1.807) is 11.3 Å². The number of aromatic amines is 1. The van der Waals surface area contributed by atoms with Crippen LogP contribution in [-0.2, 0) is 5.60 Å². The fraction of sp³-hybridized carbons (Fsp3) is 0.333. The van der Waals surface area contributed by atoms with Crippen LogP contribution in [0, 0.1) is 6.92 Å². The van der Waals surface area contributed by atoms with Crippen molar-refractivity contribution in [2.75, 3.05) is 0 Å². The van der Waals surface area contributed by atoms with Crippen LogP contribution in [0.15, 0.2) is 24.5 Å². The Bertz CT molecular complexity index is 785. The summed E-state index contributed by atoms with van der Waals surface area (Å²) in [6.45, 7) is 2.03. The van der Waals surface area contributed by atoms with Gasteiger partial charge in [0.25, 0.3) is 0 Å². The summed E-state index contributed by atoms with van der Waals surface area (Å²) in [7, 11) is 0. The normalized spacial score (nSPS) is 17.3. The molecule has 0 aliphatic heterocycles. The SMILES string of the molecule is Cc1cc2c(-c3cnc(C4(O)CCC4)s3)ccnc2[nH]1. The maximum atomic E-state index is 10.4. The molecule has 0 saturated heterocycles. The number of aryl methyl sites for hydroxylation is 1. The van der Waals surface area contributed by atoms with Crippen molar-refractivity contribution in [3.63, 3.8) is 0 Å². The lowest BCUT2D eigenvalue weighted by molar-refractivity contribution is -0.0389. The van der Waals surface area contributed by atoms with Crippen LogP contribution < -0.4 is 0 Å². The van der Waals surface area contributed by atoms with Gasteiger partial charge in [-0.05, 0) is 38.3 Å². The van der Waals surface area contributed by atoms with Crippen molar-refractivity contribution in [3.8, 4) is 10.4 Å². The summed E-state index contributed by atoms with van der Waals surface area (Å²) >= 11 is 1.59. The maximum absolute atomic E-state index is 10.4. The van der Waals surface area contributed by atoms with E-state index in [1.807, 2.05) is 25.4 Å². The Kier molecular flexibility index (Phi) is 2.49. The van der Waals surface area contributed by atoms with Crippen LogP contribution in [0.3, 0.4) is 0 Å². The van der Waals surface area contributed by atoms with Crippen LogP contribution in [0.4, 0.5) is 0 Å². The quantitative estimate of drug-likeness (QED) is 0.759. The number of hydrogen-bond acceptors (Lipinski definition) is 4. The summed E-state index contributed by atoms with van der Waals surface area (Å²) in [4.78, 5) is 13.1. The molecule has 3 aromatic rings. The van der Waals surface area contributed by atoms with Crippen molar-refractivity contribution in [2.24, 2.45) is 0 Å². The molecule has 0 unspecified atom stereocenters. The first-order valence-corrected chi connectivity index (χ1v) is 7.61. The van der Waals surface area contributed by atoms with E-state index >= 15 is 0 Å². The number of hydrogen-bond donors (Lipinski definition) is 2. The number of H-pyrrole nitrogens is 1. The first kappa shape index (κ1) is 12.1. The Hall–Kier alpha value is -1.72. The second kappa shape index (κ2) is 4.14. The van der Waals surface area contributed by atoms with Gasteiger partial charge in [-0.1, -0.05) is 0 Å². The molecule has 1 aliphatic rings. The molecule has 5 heteroatoms. The summed E-state index contributed by atoms with van der Waals surface area (Å²) in [6, 6.07) is 4.12. The van der Waals surface area contributed by atoms with Crippen molar-refractivity contribution in [2.45, 2.75) is 31.8 Å². The van der Waals surface area contributed by atoms with Gasteiger partial charge < -0.3 is 10.1 Å². The van der Waals surface area contributed by atoms with Gasteiger partial charge in [0.1, 0.15) is 16.3 Å². The van der Waals surface area contributed by atoms with Crippen LogP contribution in [-0.4, -0.2) is 20.1 Å². The monoisotopic (exact) mass is 285 g/mol. The van der Waals surface area contributed by atoms with E-state index in [9.17, 15) is 5.11 Å². The highest BCUT2D eigenvalue weighted by Crippen LogP contribution is 2.44. The van der Waals surface area contributed by atoms with E-state index in [4.69, 9.17) is 0 Å². The van der Waals surface area contributed by atoms with Gasteiger partial charge in [0.2, 0.25) is 0 Å². The molecule has 2 N–H and O–H groups in total. The van der Waals surface area contributed by atoms with Gasteiger partial charge >= 0.3 is 0 Å². The molecular weight excluding hydrogens is 270 g/mol. The highest BCUT2D eigenvalue weighted by atomic mass is 32.1. The van der Waals surface area contributed by atoms with Crippen LogP contribution in [0.5, 0.6) is 0 Å².